The van der Waals surface area contributed by atoms with Crippen LogP contribution in [0.1, 0.15) is 9.67 Å². The lowest BCUT2D eigenvalue weighted by Gasteiger charge is -2.23. The van der Waals surface area contributed by atoms with Gasteiger partial charge in [0.25, 0.3) is 5.91 Å². The molecule has 23 heavy (non-hydrogen) atoms. The lowest BCUT2D eigenvalue weighted by Crippen LogP contribution is -2.38. The first-order valence-electron chi connectivity index (χ1n) is 6.85. The minimum atomic E-state index is -3.47. The molecule has 0 bridgehead atoms. The molecule has 1 heterocycles. The van der Waals surface area contributed by atoms with Crippen molar-refractivity contribution in [2.45, 2.75) is 0 Å². The number of anilines is 1. The van der Waals surface area contributed by atoms with E-state index in [1.165, 1.54) is 22.8 Å². The van der Waals surface area contributed by atoms with Gasteiger partial charge in [-0.05, 0) is 23.6 Å². The molecular weight excluding hydrogens is 336 g/mol. The van der Waals surface area contributed by atoms with Crippen molar-refractivity contribution < 1.29 is 17.9 Å². The van der Waals surface area contributed by atoms with Gasteiger partial charge in [-0.1, -0.05) is 12.1 Å². The van der Waals surface area contributed by atoms with E-state index in [4.69, 9.17) is 4.74 Å². The normalized spacial score (nSPS) is 11.0. The number of ether oxygens (including phenoxy) is 1. The quantitative estimate of drug-likeness (QED) is 0.825. The molecule has 1 N–H and O–H groups in total. The Morgan fingerprint density at radius 1 is 1.30 bits per heavy atom. The Labute approximate surface area is 139 Å². The van der Waals surface area contributed by atoms with Crippen LogP contribution in [0.5, 0.6) is 5.75 Å². The van der Waals surface area contributed by atoms with Crippen molar-refractivity contribution in [3.05, 3.63) is 46.7 Å². The zero-order valence-electron chi connectivity index (χ0n) is 12.9. The molecule has 2 rings (SSSR count). The molecule has 0 aliphatic heterocycles. The predicted octanol–water partition coefficient (Wildman–Crippen LogP) is 1.95. The lowest BCUT2D eigenvalue weighted by molar-refractivity contribution is 0.0959. The third-order valence-electron chi connectivity index (χ3n) is 3.09. The number of sulfonamides is 1. The Bertz CT molecular complexity index is 758. The molecule has 0 atom stereocenters. The zero-order valence-corrected chi connectivity index (χ0v) is 14.5. The van der Waals surface area contributed by atoms with Crippen LogP contribution in [-0.4, -0.2) is 40.8 Å². The molecule has 0 unspecified atom stereocenters. The molecule has 1 aromatic heterocycles. The van der Waals surface area contributed by atoms with Gasteiger partial charge in [0.15, 0.2) is 0 Å². The van der Waals surface area contributed by atoms with E-state index >= 15 is 0 Å². The second-order valence-electron chi connectivity index (χ2n) is 4.77. The summed E-state index contributed by atoms with van der Waals surface area (Å²) >= 11 is 1.34. The van der Waals surface area contributed by atoms with E-state index in [0.29, 0.717) is 16.3 Å². The third-order valence-corrected chi connectivity index (χ3v) is 5.15. The van der Waals surface area contributed by atoms with Crippen LogP contribution in [-0.2, 0) is 10.0 Å². The van der Waals surface area contributed by atoms with Crippen LogP contribution >= 0.6 is 11.3 Å². The van der Waals surface area contributed by atoms with E-state index in [0.717, 1.165) is 6.26 Å². The van der Waals surface area contributed by atoms with Crippen molar-refractivity contribution in [3.63, 3.8) is 0 Å². The fraction of sp³-hybridized carbons (Fsp3) is 0.267. The summed E-state index contributed by atoms with van der Waals surface area (Å²) in [6, 6.07) is 10.3. The van der Waals surface area contributed by atoms with Crippen molar-refractivity contribution in [1.29, 1.82) is 0 Å². The Morgan fingerprint density at radius 2 is 2.09 bits per heavy atom. The second-order valence-corrected chi connectivity index (χ2v) is 7.62. The Kier molecular flexibility index (Phi) is 5.62. The number of thiophene rings is 1. The molecule has 0 spiro atoms. The average Bonchev–Trinajstić information content (AvgIpc) is 3.04. The van der Waals surface area contributed by atoms with Gasteiger partial charge in [0.1, 0.15) is 5.75 Å². The van der Waals surface area contributed by atoms with Gasteiger partial charge in [-0.15, -0.1) is 11.3 Å². The summed E-state index contributed by atoms with van der Waals surface area (Å²) in [5.74, 6) is 0.359. The van der Waals surface area contributed by atoms with Crippen molar-refractivity contribution in [2.24, 2.45) is 0 Å². The molecule has 6 nitrogen and oxygen atoms in total. The fourth-order valence-electron chi connectivity index (χ4n) is 2.02. The minimum Gasteiger partial charge on any atom is -0.497 e. The number of hydrogen-bond acceptors (Lipinski definition) is 5. The number of carbonyl (C=O) groups is 1. The highest BCUT2D eigenvalue weighted by Crippen LogP contribution is 2.22. The van der Waals surface area contributed by atoms with Gasteiger partial charge in [0, 0.05) is 12.6 Å². The summed E-state index contributed by atoms with van der Waals surface area (Å²) in [6.45, 7) is 0.351. The maximum atomic E-state index is 12.0. The molecule has 0 fully saturated rings. The summed E-state index contributed by atoms with van der Waals surface area (Å²) in [4.78, 5) is 12.5. The highest BCUT2D eigenvalue weighted by Gasteiger charge is 2.18. The molecule has 0 aliphatic carbocycles. The van der Waals surface area contributed by atoms with Crippen LogP contribution in [0.2, 0.25) is 0 Å². The molecule has 1 aromatic carbocycles. The summed E-state index contributed by atoms with van der Waals surface area (Å²) in [5, 5.41) is 4.53. The molecule has 0 radical (unpaired) electrons. The monoisotopic (exact) mass is 354 g/mol. The first-order valence-corrected chi connectivity index (χ1v) is 9.58. The summed E-state index contributed by atoms with van der Waals surface area (Å²) in [7, 11) is -1.95. The molecule has 0 saturated heterocycles. The lowest BCUT2D eigenvalue weighted by atomic mass is 10.3. The highest BCUT2D eigenvalue weighted by molar-refractivity contribution is 7.92. The van der Waals surface area contributed by atoms with E-state index in [1.807, 2.05) is 5.38 Å². The second kappa shape index (κ2) is 7.47. The van der Waals surface area contributed by atoms with Gasteiger partial charge in [-0.2, -0.15) is 0 Å². The maximum absolute atomic E-state index is 12.0. The molecule has 1 amide bonds. The van der Waals surface area contributed by atoms with Gasteiger partial charge >= 0.3 is 0 Å². The zero-order chi connectivity index (χ0) is 16.9. The van der Waals surface area contributed by atoms with Gasteiger partial charge in [0.2, 0.25) is 10.0 Å². The summed E-state index contributed by atoms with van der Waals surface area (Å²) in [5.41, 5.74) is 0.497. The Hall–Kier alpha value is -2.06. The maximum Gasteiger partial charge on any atom is 0.261 e. The number of rotatable bonds is 7. The average molecular weight is 354 g/mol. The number of nitrogens with one attached hydrogen (secondary N) is 1. The van der Waals surface area contributed by atoms with E-state index in [-0.39, 0.29) is 19.0 Å². The number of carbonyl (C=O) groups excluding carboxylic acids is 1. The Morgan fingerprint density at radius 3 is 2.70 bits per heavy atom. The summed E-state index contributed by atoms with van der Waals surface area (Å²) < 4.78 is 30.4. The SMILES string of the molecule is COc1cccc(N(CCNC(=O)c2cccs2)S(C)(=O)=O)c1. The van der Waals surface area contributed by atoms with Crippen LogP contribution in [0.4, 0.5) is 5.69 Å². The minimum absolute atomic E-state index is 0.142. The van der Waals surface area contributed by atoms with E-state index in [2.05, 4.69) is 5.32 Å². The Balaban J connectivity index is 2.06. The first-order chi connectivity index (χ1) is 10.9. The van der Waals surface area contributed by atoms with Crippen molar-refractivity contribution in [2.75, 3.05) is 30.8 Å². The largest absolute Gasteiger partial charge is 0.497 e. The van der Waals surface area contributed by atoms with Crippen LogP contribution in [0.25, 0.3) is 0 Å². The molecule has 0 saturated carbocycles. The van der Waals surface area contributed by atoms with Crippen molar-refractivity contribution in [1.82, 2.24) is 5.32 Å². The van der Waals surface area contributed by atoms with Crippen LogP contribution in [0.3, 0.4) is 0 Å². The summed E-state index contributed by atoms with van der Waals surface area (Å²) in [6.07, 6.45) is 1.13. The topological polar surface area (TPSA) is 75.7 Å². The smallest absolute Gasteiger partial charge is 0.261 e. The van der Waals surface area contributed by atoms with Gasteiger partial charge in [0.05, 0.1) is 30.5 Å². The fourth-order valence-corrected chi connectivity index (χ4v) is 3.58. The standard InChI is InChI=1S/C15H18N2O4S2/c1-21-13-6-3-5-12(11-13)17(23(2,19)20)9-8-16-15(18)14-7-4-10-22-14/h3-7,10-11H,8-9H2,1-2H3,(H,16,18). The number of benzene rings is 1. The number of nitrogens with zero attached hydrogens (tertiary/aromatic N) is 1. The molecule has 8 heteroatoms. The number of methoxy groups -OCH3 is 1. The van der Waals surface area contributed by atoms with Crippen LogP contribution in [0.15, 0.2) is 41.8 Å². The van der Waals surface area contributed by atoms with E-state index in [9.17, 15) is 13.2 Å². The first kappa shape index (κ1) is 17.3. The van der Waals surface area contributed by atoms with E-state index < -0.39 is 10.0 Å². The van der Waals surface area contributed by atoms with E-state index in [1.54, 1.807) is 36.4 Å². The van der Waals surface area contributed by atoms with Crippen molar-refractivity contribution in [3.8, 4) is 5.75 Å². The van der Waals surface area contributed by atoms with Crippen LogP contribution in [0, 0.1) is 0 Å². The van der Waals surface area contributed by atoms with Crippen molar-refractivity contribution >= 4 is 33.0 Å². The molecule has 124 valence electrons. The molecule has 2 aromatic rings. The number of hydrogen-bond donors (Lipinski definition) is 1. The van der Waals surface area contributed by atoms with Gasteiger partial charge < -0.3 is 10.1 Å². The number of amides is 1. The van der Waals surface area contributed by atoms with Gasteiger partial charge in [-0.3, -0.25) is 9.10 Å². The molecular formula is C15H18N2O4S2. The predicted molar refractivity (Wildman–Crippen MR) is 91.8 cm³/mol. The van der Waals surface area contributed by atoms with Gasteiger partial charge in [-0.25, -0.2) is 8.42 Å². The highest BCUT2D eigenvalue weighted by atomic mass is 32.2. The van der Waals surface area contributed by atoms with Crippen LogP contribution < -0.4 is 14.4 Å². The molecule has 0 aliphatic rings. The third kappa shape index (κ3) is 4.70.